The van der Waals surface area contributed by atoms with Crippen molar-refractivity contribution in [1.82, 2.24) is 14.5 Å². The van der Waals surface area contributed by atoms with Crippen molar-refractivity contribution in [2.75, 3.05) is 25.6 Å². The molecule has 0 amide bonds. The van der Waals surface area contributed by atoms with Crippen LogP contribution in [0.25, 0.3) is 11.5 Å². The van der Waals surface area contributed by atoms with E-state index in [1.165, 1.54) is 11.5 Å². The number of hydrogen-bond donors (Lipinski definition) is 1. The van der Waals surface area contributed by atoms with Gasteiger partial charge < -0.3 is 14.6 Å². The molecule has 0 bridgehead atoms. The topological polar surface area (TPSA) is 73.1 Å². The number of hydrogen-bond acceptors (Lipinski definition) is 7. The molecule has 0 radical (unpaired) electrons. The monoisotopic (exact) mass is 280 g/mol. The number of nitrogens with zero attached hydrogens (tertiary/aromatic N) is 3. The van der Waals surface area contributed by atoms with E-state index < -0.39 is 0 Å². The van der Waals surface area contributed by atoms with Crippen LogP contribution in [0.1, 0.15) is 17.9 Å². The van der Waals surface area contributed by atoms with Crippen molar-refractivity contribution >= 4 is 16.5 Å². The fraction of sp³-hybridized carbons (Fsp3) is 0.583. The lowest BCUT2D eigenvalue weighted by molar-refractivity contribution is 0.185. The summed E-state index contributed by atoms with van der Waals surface area (Å²) in [5, 5.41) is 8.12. The molecule has 1 atom stereocenters. The summed E-state index contributed by atoms with van der Waals surface area (Å²) in [7, 11) is 1.86. The molecule has 0 aliphatic carbocycles. The molecule has 1 saturated heterocycles. The van der Waals surface area contributed by atoms with Crippen molar-refractivity contribution in [3.05, 3.63) is 11.5 Å². The fourth-order valence-electron chi connectivity index (χ4n) is 2.23. The first-order valence-electron chi connectivity index (χ1n) is 6.32. The molecule has 1 N–H and O–H groups in total. The maximum atomic E-state index is 5.37. The molecular weight excluding hydrogens is 264 g/mol. The third kappa shape index (κ3) is 2.48. The molecule has 3 rings (SSSR count). The van der Waals surface area contributed by atoms with Gasteiger partial charge in [0.15, 0.2) is 5.82 Å². The minimum Gasteiger partial charge on any atom is -0.381 e. The van der Waals surface area contributed by atoms with Crippen LogP contribution in [0, 0.1) is 12.8 Å². The molecule has 2 aromatic heterocycles. The van der Waals surface area contributed by atoms with E-state index in [4.69, 9.17) is 9.26 Å². The van der Waals surface area contributed by atoms with Crippen molar-refractivity contribution in [3.8, 4) is 11.5 Å². The average Bonchev–Trinajstić information content (AvgIpc) is 3.10. The van der Waals surface area contributed by atoms with Gasteiger partial charge in [-0.15, -0.1) is 0 Å². The van der Waals surface area contributed by atoms with Crippen LogP contribution in [0.2, 0.25) is 0 Å². The molecule has 2 aromatic rings. The Balaban J connectivity index is 1.82. The number of ether oxygens (including phenoxy) is 1. The normalized spacial score (nSPS) is 18.9. The van der Waals surface area contributed by atoms with Crippen molar-refractivity contribution < 1.29 is 9.26 Å². The summed E-state index contributed by atoms with van der Waals surface area (Å²) in [4.78, 5) is 4.48. The second-order valence-electron chi connectivity index (χ2n) is 4.67. The summed E-state index contributed by atoms with van der Waals surface area (Å²) >= 11 is 1.40. The Morgan fingerprint density at radius 3 is 3.11 bits per heavy atom. The molecule has 7 heteroatoms. The Morgan fingerprint density at radius 1 is 1.47 bits per heavy atom. The highest BCUT2D eigenvalue weighted by Gasteiger charge is 2.22. The Morgan fingerprint density at radius 2 is 2.37 bits per heavy atom. The maximum absolute atomic E-state index is 5.37. The number of aromatic nitrogens is 3. The molecule has 19 heavy (non-hydrogen) atoms. The minimum atomic E-state index is 0.510. The average molecular weight is 280 g/mol. The molecule has 0 aromatic carbocycles. The Labute approximate surface area is 115 Å². The van der Waals surface area contributed by atoms with Crippen LogP contribution in [0.3, 0.4) is 0 Å². The highest BCUT2D eigenvalue weighted by Crippen LogP contribution is 2.33. The smallest absolute Gasteiger partial charge is 0.262 e. The quantitative estimate of drug-likeness (QED) is 0.924. The van der Waals surface area contributed by atoms with Crippen LogP contribution >= 0.6 is 11.5 Å². The van der Waals surface area contributed by atoms with Gasteiger partial charge in [0, 0.05) is 26.7 Å². The Hall–Kier alpha value is -1.47. The number of rotatable bonds is 4. The van der Waals surface area contributed by atoms with Crippen LogP contribution in [-0.4, -0.2) is 34.8 Å². The van der Waals surface area contributed by atoms with Gasteiger partial charge in [-0.05, 0) is 30.8 Å². The first kappa shape index (κ1) is 12.6. The van der Waals surface area contributed by atoms with Crippen molar-refractivity contribution in [2.24, 2.45) is 5.92 Å². The summed E-state index contributed by atoms with van der Waals surface area (Å²) < 4.78 is 15.0. The van der Waals surface area contributed by atoms with Gasteiger partial charge >= 0.3 is 0 Å². The standard InChI is InChI=1S/C12H16N4O2S/c1-7-10(12(13-2)19-16-7)11-14-9(15-18-11)5-8-3-4-17-6-8/h8,13H,3-6H2,1-2H3. The van der Waals surface area contributed by atoms with E-state index in [0.717, 1.165) is 48.1 Å². The lowest BCUT2D eigenvalue weighted by atomic mass is 10.1. The van der Waals surface area contributed by atoms with Crippen LogP contribution < -0.4 is 5.32 Å². The van der Waals surface area contributed by atoms with Crippen LogP contribution in [0.5, 0.6) is 0 Å². The van der Waals surface area contributed by atoms with Gasteiger partial charge in [-0.2, -0.15) is 9.36 Å². The zero-order valence-electron chi connectivity index (χ0n) is 11.0. The van der Waals surface area contributed by atoms with E-state index in [-0.39, 0.29) is 0 Å². The summed E-state index contributed by atoms with van der Waals surface area (Å²) in [5.74, 6) is 1.80. The minimum absolute atomic E-state index is 0.510. The SMILES string of the molecule is CNc1snc(C)c1-c1nc(CC2CCOC2)no1. The molecule has 1 fully saturated rings. The van der Waals surface area contributed by atoms with Crippen LogP contribution in [0.15, 0.2) is 4.52 Å². The van der Waals surface area contributed by atoms with Gasteiger partial charge in [0.1, 0.15) is 5.00 Å². The lowest BCUT2D eigenvalue weighted by Crippen LogP contribution is -2.04. The highest BCUT2D eigenvalue weighted by atomic mass is 32.1. The predicted molar refractivity (Wildman–Crippen MR) is 72.3 cm³/mol. The summed E-state index contributed by atoms with van der Waals surface area (Å²) in [6.07, 6.45) is 1.89. The summed E-state index contributed by atoms with van der Waals surface area (Å²) in [5.41, 5.74) is 1.82. The number of anilines is 1. The molecule has 102 valence electrons. The van der Waals surface area contributed by atoms with Gasteiger partial charge in [0.25, 0.3) is 5.89 Å². The molecule has 1 aliphatic rings. The summed E-state index contributed by atoms with van der Waals surface area (Å²) in [6, 6.07) is 0. The van der Waals surface area contributed by atoms with Crippen LogP contribution in [-0.2, 0) is 11.2 Å². The van der Waals surface area contributed by atoms with E-state index in [1.54, 1.807) is 0 Å². The predicted octanol–water partition coefficient (Wildman–Crippen LogP) is 2.12. The van der Waals surface area contributed by atoms with E-state index >= 15 is 0 Å². The first-order valence-corrected chi connectivity index (χ1v) is 7.10. The number of aryl methyl sites for hydroxylation is 1. The zero-order valence-corrected chi connectivity index (χ0v) is 11.8. The van der Waals surface area contributed by atoms with E-state index in [9.17, 15) is 0 Å². The van der Waals surface area contributed by atoms with Gasteiger partial charge in [-0.25, -0.2) is 0 Å². The second-order valence-corrected chi connectivity index (χ2v) is 5.45. The molecule has 1 unspecified atom stereocenters. The second kappa shape index (κ2) is 5.26. The van der Waals surface area contributed by atoms with Crippen molar-refractivity contribution in [3.63, 3.8) is 0 Å². The van der Waals surface area contributed by atoms with Gasteiger partial charge in [-0.1, -0.05) is 5.16 Å². The van der Waals surface area contributed by atoms with Gasteiger partial charge in [-0.3, -0.25) is 0 Å². The molecule has 0 spiro atoms. The van der Waals surface area contributed by atoms with E-state index in [1.807, 2.05) is 14.0 Å². The fourth-order valence-corrected chi connectivity index (χ4v) is 2.97. The first-order chi connectivity index (χ1) is 9.28. The lowest BCUT2D eigenvalue weighted by Gasteiger charge is -2.01. The Bertz CT molecular complexity index is 560. The molecule has 3 heterocycles. The third-order valence-electron chi connectivity index (χ3n) is 3.27. The van der Waals surface area contributed by atoms with Crippen molar-refractivity contribution in [1.29, 1.82) is 0 Å². The maximum Gasteiger partial charge on any atom is 0.262 e. The largest absolute Gasteiger partial charge is 0.381 e. The van der Waals surface area contributed by atoms with E-state index in [2.05, 4.69) is 19.8 Å². The third-order valence-corrected chi connectivity index (χ3v) is 4.22. The zero-order chi connectivity index (χ0) is 13.2. The van der Waals surface area contributed by atoms with Gasteiger partial charge in [0.2, 0.25) is 0 Å². The van der Waals surface area contributed by atoms with Crippen LogP contribution in [0.4, 0.5) is 5.00 Å². The van der Waals surface area contributed by atoms with E-state index in [0.29, 0.717) is 11.8 Å². The molecule has 6 nitrogen and oxygen atoms in total. The molecule has 0 saturated carbocycles. The highest BCUT2D eigenvalue weighted by molar-refractivity contribution is 7.10. The van der Waals surface area contributed by atoms with Gasteiger partial charge in [0.05, 0.1) is 11.3 Å². The Kier molecular flexibility index (Phi) is 3.48. The molecular formula is C12H16N4O2S. The number of nitrogens with one attached hydrogen (secondary N) is 1. The summed E-state index contributed by atoms with van der Waals surface area (Å²) in [6.45, 7) is 3.58. The van der Waals surface area contributed by atoms with Crippen molar-refractivity contribution in [2.45, 2.75) is 19.8 Å². The molecule has 1 aliphatic heterocycles.